The number of likely N-dealkylation sites (N-methyl/N-ethyl adjacent to an activating group) is 1. The summed E-state index contributed by atoms with van der Waals surface area (Å²) in [6.07, 6.45) is 0. The summed E-state index contributed by atoms with van der Waals surface area (Å²) < 4.78 is 6.32. The van der Waals surface area contributed by atoms with Crippen molar-refractivity contribution in [3.05, 3.63) is 28.7 Å². The lowest BCUT2D eigenvalue weighted by Crippen LogP contribution is -2.39. The Morgan fingerprint density at radius 2 is 2.00 bits per heavy atom. The van der Waals surface area contributed by atoms with Crippen molar-refractivity contribution in [2.45, 2.75) is 13.0 Å². The summed E-state index contributed by atoms with van der Waals surface area (Å²) in [5, 5.41) is 5.82. The van der Waals surface area contributed by atoms with Crippen molar-refractivity contribution in [2.24, 2.45) is 0 Å². The normalized spacial score (nSPS) is 11.3. The van der Waals surface area contributed by atoms with Crippen LogP contribution in [0.2, 0.25) is 0 Å². The highest BCUT2D eigenvalue weighted by Crippen LogP contribution is 2.15. The van der Waals surface area contributed by atoms with Crippen LogP contribution < -0.4 is 15.4 Å². The van der Waals surface area contributed by atoms with E-state index < -0.39 is 0 Å². The van der Waals surface area contributed by atoms with Gasteiger partial charge in [0, 0.05) is 17.1 Å². The van der Waals surface area contributed by atoms with Crippen molar-refractivity contribution in [1.82, 2.24) is 10.6 Å². The zero-order chi connectivity index (χ0) is 12.7. The van der Waals surface area contributed by atoms with Crippen LogP contribution in [0, 0.1) is 0 Å². The molecule has 0 aromatic heterocycles. The largest absolute Gasteiger partial charge is 0.484 e. The van der Waals surface area contributed by atoms with E-state index in [2.05, 4.69) is 26.6 Å². The minimum absolute atomic E-state index is 0. The van der Waals surface area contributed by atoms with Crippen LogP contribution in [-0.2, 0) is 4.79 Å². The third-order valence-electron chi connectivity index (χ3n) is 2.28. The molecule has 0 aliphatic rings. The Balaban J connectivity index is 0.00000289. The van der Waals surface area contributed by atoms with E-state index in [1.54, 1.807) is 0 Å². The summed E-state index contributed by atoms with van der Waals surface area (Å²) in [7, 11) is 1.86. The molecule has 0 saturated carbocycles. The van der Waals surface area contributed by atoms with E-state index in [4.69, 9.17) is 4.74 Å². The number of benzene rings is 1. The highest BCUT2D eigenvalue weighted by atomic mass is 79.9. The summed E-state index contributed by atoms with van der Waals surface area (Å²) >= 11 is 3.33. The molecule has 2 N–H and O–H groups in total. The summed E-state index contributed by atoms with van der Waals surface area (Å²) in [5.74, 6) is 0.569. The van der Waals surface area contributed by atoms with E-state index in [-0.39, 0.29) is 31.0 Å². The quantitative estimate of drug-likeness (QED) is 0.834. The molecule has 1 rings (SSSR count). The first-order valence-corrected chi connectivity index (χ1v) is 6.23. The third-order valence-corrected chi connectivity index (χ3v) is 2.81. The molecule has 1 unspecified atom stereocenters. The van der Waals surface area contributed by atoms with Crippen LogP contribution in [0.4, 0.5) is 0 Å². The van der Waals surface area contributed by atoms with Crippen LogP contribution in [0.1, 0.15) is 6.92 Å². The monoisotopic (exact) mass is 336 g/mol. The molecule has 0 bridgehead atoms. The minimum atomic E-state index is -0.116. The van der Waals surface area contributed by atoms with Gasteiger partial charge in [-0.2, -0.15) is 0 Å². The lowest BCUT2D eigenvalue weighted by atomic mass is 10.3. The predicted octanol–water partition coefficient (Wildman–Crippen LogP) is 1.97. The second-order valence-corrected chi connectivity index (χ2v) is 4.65. The maximum atomic E-state index is 11.4. The van der Waals surface area contributed by atoms with Gasteiger partial charge in [-0.05, 0) is 38.2 Å². The molecule has 4 nitrogen and oxygen atoms in total. The number of nitrogens with one attached hydrogen (secondary N) is 2. The maximum absolute atomic E-state index is 11.4. The Labute approximate surface area is 122 Å². The fourth-order valence-electron chi connectivity index (χ4n) is 1.10. The number of hydrogen-bond donors (Lipinski definition) is 2. The van der Waals surface area contributed by atoms with E-state index in [1.807, 2.05) is 38.2 Å². The number of carbonyl (C=O) groups is 1. The minimum Gasteiger partial charge on any atom is -0.484 e. The topological polar surface area (TPSA) is 50.4 Å². The van der Waals surface area contributed by atoms with Crippen molar-refractivity contribution in [2.75, 3.05) is 20.2 Å². The molecule has 1 amide bonds. The molecular weight excluding hydrogens is 320 g/mol. The van der Waals surface area contributed by atoms with Gasteiger partial charge in [0.1, 0.15) is 5.75 Å². The first-order valence-electron chi connectivity index (χ1n) is 5.44. The van der Waals surface area contributed by atoms with Crippen molar-refractivity contribution in [3.8, 4) is 5.75 Å². The van der Waals surface area contributed by atoms with Crippen LogP contribution in [-0.4, -0.2) is 32.1 Å². The summed E-state index contributed by atoms with van der Waals surface area (Å²) in [6.45, 7) is 2.63. The van der Waals surface area contributed by atoms with E-state index in [0.717, 1.165) is 4.47 Å². The molecular formula is C12H18BrClN2O2. The Hall–Kier alpha value is -0.780. The van der Waals surface area contributed by atoms with Crippen LogP contribution >= 0.6 is 28.3 Å². The van der Waals surface area contributed by atoms with Gasteiger partial charge >= 0.3 is 0 Å². The molecule has 0 radical (unpaired) electrons. The summed E-state index contributed by atoms with van der Waals surface area (Å²) in [4.78, 5) is 11.4. The van der Waals surface area contributed by atoms with Crippen molar-refractivity contribution in [3.63, 3.8) is 0 Å². The molecule has 6 heteroatoms. The lowest BCUT2D eigenvalue weighted by molar-refractivity contribution is -0.123. The molecule has 0 spiro atoms. The molecule has 1 aromatic carbocycles. The molecule has 0 aliphatic heterocycles. The maximum Gasteiger partial charge on any atom is 0.257 e. The highest BCUT2D eigenvalue weighted by molar-refractivity contribution is 9.10. The zero-order valence-corrected chi connectivity index (χ0v) is 12.8. The second-order valence-electron chi connectivity index (χ2n) is 3.74. The summed E-state index contributed by atoms with van der Waals surface area (Å²) in [6, 6.07) is 7.62. The van der Waals surface area contributed by atoms with E-state index >= 15 is 0 Å². The standard InChI is InChI=1S/C12H17BrN2O2.ClH/c1-9(14-2)7-15-12(16)8-17-11-5-3-10(13)4-6-11;/h3-6,9,14H,7-8H2,1-2H3,(H,15,16);1H. The van der Waals surface area contributed by atoms with Gasteiger partial charge in [0.25, 0.3) is 5.91 Å². The van der Waals surface area contributed by atoms with Gasteiger partial charge in [0.2, 0.25) is 0 Å². The SMILES string of the molecule is CNC(C)CNC(=O)COc1ccc(Br)cc1.Cl. The molecule has 1 aromatic rings. The van der Waals surface area contributed by atoms with Crippen LogP contribution in [0.5, 0.6) is 5.75 Å². The van der Waals surface area contributed by atoms with E-state index in [1.165, 1.54) is 0 Å². The van der Waals surface area contributed by atoms with Crippen LogP contribution in [0.25, 0.3) is 0 Å². The molecule has 102 valence electrons. The van der Waals surface area contributed by atoms with Crippen molar-refractivity contribution in [1.29, 1.82) is 0 Å². The smallest absolute Gasteiger partial charge is 0.257 e. The van der Waals surface area contributed by atoms with Crippen molar-refractivity contribution < 1.29 is 9.53 Å². The Morgan fingerprint density at radius 3 is 2.56 bits per heavy atom. The fraction of sp³-hybridized carbons (Fsp3) is 0.417. The molecule has 0 heterocycles. The van der Waals surface area contributed by atoms with Gasteiger partial charge in [-0.15, -0.1) is 12.4 Å². The van der Waals surface area contributed by atoms with Gasteiger partial charge in [-0.25, -0.2) is 0 Å². The molecule has 1 atom stereocenters. The predicted molar refractivity (Wildman–Crippen MR) is 78.4 cm³/mol. The Kier molecular flexibility index (Phi) is 8.79. The van der Waals surface area contributed by atoms with Gasteiger partial charge in [0.05, 0.1) is 0 Å². The first kappa shape index (κ1) is 17.2. The third kappa shape index (κ3) is 6.83. The van der Waals surface area contributed by atoms with Crippen LogP contribution in [0.15, 0.2) is 28.7 Å². The van der Waals surface area contributed by atoms with E-state index in [0.29, 0.717) is 12.3 Å². The second kappa shape index (κ2) is 9.19. The summed E-state index contributed by atoms with van der Waals surface area (Å²) in [5.41, 5.74) is 0. The molecule has 0 aliphatic carbocycles. The van der Waals surface area contributed by atoms with Crippen molar-refractivity contribution >= 4 is 34.2 Å². The number of rotatable bonds is 6. The Bertz CT molecular complexity index is 360. The van der Waals surface area contributed by atoms with Crippen LogP contribution in [0.3, 0.4) is 0 Å². The molecule has 18 heavy (non-hydrogen) atoms. The van der Waals surface area contributed by atoms with Gasteiger partial charge < -0.3 is 15.4 Å². The van der Waals surface area contributed by atoms with Gasteiger partial charge in [-0.3, -0.25) is 4.79 Å². The fourth-order valence-corrected chi connectivity index (χ4v) is 1.36. The number of carbonyl (C=O) groups excluding carboxylic acids is 1. The van der Waals surface area contributed by atoms with Gasteiger partial charge in [0.15, 0.2) is 6.61 Å². The highest BCUT2D eigenvalue weighted by Gasteiger charge is 2.04. The number of hydrogen-bond acceptors (Lipinski definition) is 3. The molecule has 0 fully saturated rings. The van der Waals surface area contributed by atoms with Gasteiger partial charge in [-0.1, -0.05) is 15.9 Å². The zero-order valence-electron chi connectivity index (χ0n) is 10.4. The van der Waals surface area contributed by atoms with E-state index in [9.17, 15) is 4.79 Å². The average Bonchev–Trinajstić information content (AvgIpc) is 2.35. The number of amides is 1. The number of halogens is 2. The number of ether oxygens (including phenoxy) is 1. The first-order chi connectivity index (χ1) is 8.11. The molecule has 0 saturated heterocycles. The average molecular weight is 338 g/mol. The lowest BCUT2D eigenvalue weighted by Gasteiger charge is -2.11. The Morgan fingerprint density at radius 1 is 1.39 bits per heavy atom.